The Kier molecular flexibility index (Phi) is 8.17. The molecule has 0 bridgehead atoms. The molecule has 4 nitrogen and oxygen atoms in total. The van der Waals surface area contributed by atoms with Crippen molar-refractivity contribution in [2.24, 2.45) is 5.92 Å². The van der Waals surface area contributed by atoms with E-state index in [4.69, 9.17) is 9.47 Å². The molecule has 0 aliphatic rings. The largest absolute Gasteiger partial charge is 0.382 e. The van der Waals surface area contributed by atoms with Gasteiger partial charge in [0.2, 0.25) is 0 Å². The number of nitrogens with one attached hydrogen (secondary N) is 1. The summed E-state index contributed by atoms with van der Waals surface area (Å²) in [5.41, 5.74) is 0. The van der Waals surface area contributed by atoms with Crippen molar-refractivity contribution in [1.82, 2.24) is 10.3 Å². The normalized spacial score (nSPS) is 11.3. The van der Waals surface area contributed by atoms with Gasteiger partial charge in [0, 0.05) is 31.1 Å². The zero-order valence-corrected chi connectivity index (χ0v) is 12.4. The van der Waals surface area contributed by atoms with Crippen molar-refractivity contribution in [3.8, 4) is 0 Å². The molecule has 0 aliphatic carbocycles. The van der Waals surface area contributed by atoms with E-state index in [0.717, 1.165) is 31.1 Å². The average Bonchev–Trinajstić information content (AvgIpc) is 2.76. The van der Waals surface area contributed by atoms with E-state index in [-0.39, 0.29) is 0 Å². The molecule has 0 amide bonds. The number of aromatic nitrogens is 1. The van der Waals surface area contributed by atoms with Gasteiger partial charge in [-0.1, -0.05) is 13.8 Å². The molecule has 1 N–H and O–H groups in total. The molecular formula is C13H24N2O2S. The number of thiazole rings is 1. The molecule has 104 valence electrons. The van der Waals surface area contributed by atoms with Gasteiger partial charge >= 0.3 is 0 Å². The number of nitrogens with zero attached hydrogens (tertiary/aromatic N) is 1. The molecule has 5 heteroatoms. The maximum absolute atomic E-state index is 5.43. The highest BCUT2D eigenvalue weighted by Gasteiger charge is 2.02. The third kappa shape index (κ3) is 7.06. The Morgan fingerprint density at radius 2 is 2.17 bits per heavy atom. The second-order valence-electron chi connectivity index (χ2n) is 4.60. The van der Waals surface area contributed by atoms with Crippen molar-refractivity contribution in [1.29, 1.82) is 0 Å². The Morgan fingerprint density at radius 3 is 2.89 bits per heavy atom. The first-order valence-electron chi connectivity index (χ1n) is 6.43. The van der Waals surface area contributed by atoms with Gasteiger partial charge in [0.25, 0.3) is 0 Å². The molecule has 1 heterocycles. The number of rotatable bonds is 10. The first-order chi connectivity index (χ1) is 8.72. The summed E-state index contributed by atoms with van der Waals surface area (Å²) < 4.78 is 10.3. The lowest BCUT2D eigenvalue weighted by atomic mass is 10.2. The minimum atomic E-state index is 0.655. The van der Waals surface area contributed by atoms with Crippen LogP contribution in [0.4, 0.5) is 0 Å². The summed E-state index contributed by atoms with van der Waals surface area (Å²) in [6.45, 7) is 8.42. The molecule has 0 atom stereocenters. The van der Waals surface area contributed by atoms with Crippen LogP contribution >= 0.6 is 11.3 Å². The Morgan fingerprint density at radius 1 is 1.33 bits per heavy atom. The van der Waals surface area contributed by atoms with E-state index in [2.05, 4.69) is 24.1 Å². The van der Waals surface area contributed by atoms with E-state index < -0.39 is 0 Å². The SMILES string of the molecule is COCCOCCc1ncc(CNCC(C)C)s1. The minimum Gasteiger partial charge on any atom is -0.382 e. The summed E-state index contributed by atoms with van der Waals surface area (Å²) >= 11 is 1.76. The molecule has 0 aliphatic heterocycles. The van der Waals surface area contributed by atoms with E-state index in [1.54, 1.807) is 18.4 Å². The first-order valence-corrected chi connectivity index (χ1v) is 7.25. The minimum absolute atomic E-state index is 0.655. The summed E-state index contributed by atoms with van der Waals surface area (Å²) in [5, 5.41) is 4.57. The van der Waals surface area contributed by atoms with Crippen molar-refractivity contribution >= 4 is 11.3 Å². The third-order valence-corrected chi connectivity index (χ3v) is 3.40. The molecular weight excluding hydrogens is 248 g/mol. The van der Waals surface area contributed by atoms with E-state index >= 15 is 0 Å². The van der Waals surface area contributed by atoms with Crippen molar-refractivity contribution in [2.75, 3.05) is 33.5 Å². The summed E-state index contributed by atoms with van der Waals surface area (Å²) in [5.74, 6) is 0.687. The topological polar surface area (TPSA) is 43.4 Å². The summed E-state index contributed by atoms with van der Waals surface area (Å²) in [6, 6.07) is 0. The molecule has 0 radical (unpaired) electrons. The van der Waals surface area contributed by atoms with Crippen LogP contribution in [0.25, 0.3) is 0 Å². The number of methoxy groups -OCH3 is 1. The highest BCUT2D eigenvalue weighted by molar-refractivity contribution is 7.11. The van der Waals surface area contributed by atoms with E-state index in [0.29, 0.717) is 19.1 Å². The first kappa shape index (κ1) is 15.6. The Bertz CT molecular complexity index is 316. The molecule has 1 aromatic heterocycles. The fraction of sp³-hybridized carbons (Fsp3) is 0.769. The molecule has 18 heavy (non-hydrogen) atoms. The van der Waals surface area contributed by atoms with Crippen LogP contribution < -0.4 is 5.32 Å². The number of ether oxygens (including phenoxy) is 2. The van der Waals surface area contributed by atoms with Crippen LogP contribution in [0.2, 0.25) is 0 Å². The highest BCUT2D eigenvalue weighted by atomic mass is 32.1. The van der Waals surface area contributed by atoms with Gasteiger partial charge in [-0.3, -0.25) is 0 Å². The van der Waals surface area contributed by atoms with Crippen LogP contribution in [0.3, 0.4) is 0 Å². The lowest BCUT2D eigenvalue weighted by Gasteiger charge is -2.04. The van der Waals surface area contributed by atoms with Crippen molar-refractivity contribution < 1.29 is 9.47 Å². The average molecular weight is 272 g/mol. The highest BCUT2D eigenvalue weighted by Crippen LogP contribution is 2.13. The van der Waals surface area contributed by atoms with Gasteiger partial charge in [-0.15, -0.1) is 11.3 Å². The van der Waals surface area contributed by atoms with Crippen LogP contribution in [-0.4, -0.2) is 38.5 Å². The monoisotopic (exact) mass is 272 g/mol. The lowest BCUT2D eigenvalue weighted by Crippen LogP contribution is -2.18. The van der Waals surface area contributed by atoms with Crippen LogP contribution in [0, 0.1) is 5.92 Å². The Hall–Kier alpha value is -0.490. The van der Waals surface area contributed by atoms with Crippen LogP contribution in [0.5, 0.6) is 0 Å². The van der Waals surface area contributed by atoms with Gasteiger partial charge in [-0.2, -0.15) is 0 Å². The second kappa shape index (κ2) is 9.44. The Labute approximate surface area is 114 Å². The fourth-order valence-electron chi connectivity index (χ4n) is 1.43. The fourth-order valence-corrected chi connectivity index (χ4v) is 2.31. The molecule has 0 fully saturated rings. The molecule has 1 rings (SSSR count). The van der Waals surface area contributed by atoms with Crippen molar-refractivity contribution in [3.05, 3.63) is 16.1 Å². The Balaban J connectivity index is 2.13. The quantitative estimate of drug-likeness (QED) is 0.662. The predicted octanol–water partition coefficient (Wildman–Crippen LogP) is 2.09. The van der Waals surface area contributed by atoms with Gasteiger partial charge in [-0.25, -0.2) is 4.98 Å². The standard InChI is InChI=1S/C13H24N2O2S/c1-11(2)8-14-9-12-10-15-13(18-12)4-5-17-7-6-16-3/h10-11,14H,4-9H2,1-3H3. The van der Waals surface area contributed by atoms with Gasteiger partial charge < -0.3 is 14.8 Å². The zero-order chi connectivity index (χ0) is 13.2. The second-order valence-corrected chi connectivity index (χ2v) is 5.80. The zero-order valence-electron chi connectivity index (χ0n) is 11.6. The maximum Gasteiger partial charge on any atom is 0.0951 e. The van der Waals surface area contributed by atoms with Gasteiger partial charge in [0.05, 0.1) is 24.8 Å². The summed E-state index contributed by atoms with van der Waals surface area (Å²) in [4.78, 5) is 5.69. The number of hydrogen-bond donors (Lipinski definition) is 1. The van der Waals surface area contributed by atoms with Gasteiger partial charge in [0.1, 0.15) is 0 Å². The molecule has 0 aromatic carbocycles. The molecule has 0 unspecified atom stereocenters. The van der Waals surface area contributed by atoms with Crippen LogP contribution in [0.15, 0.2) is 6.20 Å². The van der Waals surface area contributed by atoms with Crippen molar-refractivity contribution in [3.63, 3.8) is 0 Å². The van der Waals surface area contributed by atoms with Gasteiger partial charge in [0.15, 0.2) is 0 Å². The summed E-state index contributed by atoms with van der Waals surface area (Å²) in [6.07, 6.45) is 2.85. The molecule has 0 spiro atoms. The number of hydrogen-bond acceptors (Lipinski definition) is 5. The third-order valence-electron chi connectivity index (χ3n) is 2.35. The molecule has 0 saturated heterocycles. The van der Waals surface area contributed by atoms with Crippen molar-refractivity contribution in [2.45, 2.75) is 26.8 Å². The van der Waals surface area contributed by atoms with E-state index in [9.17, 15) is 0 Å². The van der Waals surface area contributed by atoms with E-state index in [1.165, 1.54) is 4.88 Å². The van der Waals surface area contributed by atoms with Crippen LogP contribution in [-0.2, 0) is 22.4 Å². The van der Waals surface area contributed by atoms with Crippen LogP contribution in [0.1, 0.15) is 23.7 Å². The molecule has 0 saturated carbocycles. The summed E-state index contributed by atoms with van der Waals surface area (Å²) in [7, 11) is 1.68. The van der Waals surface area contributed by atoms with E-state index in [1.807, 2.05) is 6.20 Å². The smallest absolute Gasteiger partial charge is 0.0951 e. The predicted molar refractivity (Wildman–Crippen MR) is 75.1 cm³/mol. The van der Waals surface area contributed by atoms with Gasteiger partial charge in [-0.05, 0) is 12.5 Å². The lowest BCUT2D eigenvalue weighted by molar-refractivity contribution is 0.0722. The maximum atomic E-state index is 5.43. The molecule has 1 aromatic rings.